The molecule has 6 rings (SSSR count). The van der Waals surface area contributed by atoms with E-state index in [2.05, 4.69) is 37.2 Å². The third kappa shape index (κ3) is 4.71. The van der Waals surface area contributed by atoms with Gasteiger partial charge in [0.15, 0.2) is 0 Å². The fourth-order valence-corrected chi connectivity index (χ4v) is 5.94. The van der Waals surface area contributed by atoms with E-state index in [1.165, 1.54) is 0 Å². The van der Waals surface area contributed by atoms with Gasteiger partial charge >= 0.3 is 6.18 Å². The second-order valence-electron chi connectivity index (χ2n) is 11.2. The van der Waals surface area contributed by atoms with Crippen LogP contribution in [0.15, 0.2) is 36.7 Å². The molecular formula is C28H32F3N7O. The Hall–Kier alpha value is -3.31. The summed E-state index contributed by atoms with van der Waals surface area (Å²) in [5.41, 5.74) is 2.01. The number of halogens is 3. The lowest BCUT2D eigenvalue weighted by Gasteiger charge is -2.41. The second-order valence-corrected chi connectivity index (χ2v) is 11.2. The molecule has 0 bridgehead atoms. The van der Waals surface area contributed by atoms with E-state index in [-0.39, 0.29) is 11.5 Å². The van der Waals surface area contributed by atoms with Gasteiger partial charge in [0, 0.05) is 36.4 Å². The number of ether oxygens (including phenoxy) is 1. The maximum Gasteiger partial charge on any atom is 0.433 e. The molecule has 0 saturated carbocycles. The number of pyridine rings is 1. The first kappa shape index (κ1) is 25.9. The SMILES string of the molecule is C[C@@H]1CCCN([C@H](C)c2nc(C(F)(F)F)cc3c(-c4cccc(C5(Cc6nncn6C)COC5)c4)n[nH]c23)C1. The van der Waals surface area contributed by atoms with E-state index in [9.17, 15) is 13.2 Å². The number of alkyl halides is 3. The molecule has 0 radical (unpaired) electrons. The number of piperidine rings is 1. The van der Waals surface area contributed by atoms with Crippen LogP contribution in [-0.4, -0.2) is 61.1 Å². The van der Waals surface area contributed by atoms with Gasteiger partial charge in [0.25, 0.3) is 0 Å². The van der Waals surface area contributed by atoms with Crippen molar-refractivity contribution in [3.63, 3.8) is 0 Å². The predicted octanol–water partition coefficient (Wildman–Crippen LogP) is 5.08. The minimum atomic E-state index is -4.57. The van der Waals surface area contributed by atoms with E-state index in [1.54, 1.807) is 6.33 Å². The monoisotopic (exact) mass is 539 g/mol. The van der Waals surface area contributed by atoms with Crippen LogP contribution in [0.25, 0.3) is 22.2 Å². The highest BCUT2D eigenvalue weighted by atomic mass is 19.4. The van der Waals surface area contributed by atoms with Gasteiger partial charge in [0.05, 0.1) is 30.5 Å². The van der Waals surface area contributed by atoms with Gasteiger partial charge in [-0.15, -0.1) is 10.2 Å². The van der Waals surface area contributed by atoms with Crippen LogP contribution in [-0.2, 0) is 29.8 Å². The van der Waals surface area contributed by atoms with Crippen LogP contribution in [0.1, 0.15) is 55.5 Å². The van der Waals surface area contributed by atoms with Crippen molar-refractivity contribution in [1.29, 1.82) is 0 Å². The molecule has 8 nitrogen and oxygen atoms in total. The van der Waals surface area contributed by atoms with Crippen LogP contribution in [0.3, 0.4) is 0 Å². The van der Waals surface area contributed by atoms with Gasteiger partial charge in [0.1, 0.15) is 23.5 Å². The zero-order valence-corrected chi connectivity index (χ0v) is 22.3. The van der Waals surface area contributed by atoms with E-state index >= 15 is 0 Å². The molecule has 11 heteroatoms. The molecule has 0 spiro atoms. The number of aromatic nitrogens is 6. The van der Waals surface area contributed by atoms with Crippen molar-refractivity contribution in [2.75, 3.05) is 26.3 Å². The fraction of sp³-hybridized carbons (Fsp3) is 0.500. The number of nitrogens with one attached hydrogen (secondary N) is 1. The molecule has 2 aliphatic rings. The average molecular weight is 540 g/mol. The molecule has 1 N–H and O–H groups in total. The number of fused-ring (bicyclic) bond motifs is 1. The third-order valence-electron chi connectivity index (χ3n) is 8.31. The normalized spacial score (nSPS) is 20.7. The van der Waals surface area contributed by atoms with E-state index in [1.807, 2.05) is 42.8 Å². The van der Waals surface area contributed by atoms with E-state index in [4.69, 9.17) is 4.74 Å². The van der Waals surface area contributed by atoms with Crippen molar-refractivity contribution in [1.82, 2.24) is 34.8 Å². The summed E-state index contributed by atoms with van der Waals surface area (Å²) in [6, 6.07) is 8.70. The first-order valence-corrected chi connectivity index (χ1v) is 13.4. The van der Waals surface area contributed by atoms with Crippen LogP contribution < -0.4 is 0 Å². The second kappa shape index (κ2) is 9.71. The minimum Gasteiger partial charge on any atom is -0.379 e. The smallest absolute Gasteiger partial charge is 0.379 e. The van der Waals surface area contributed by atoms with Gasteiger partial charge < -0.3 is 9.30 Å². The van der Waals surface area contributed by atoms with Gasteiger partial charge in [-0.25, -0.2) is 4.98 Å². The summed E-state index contributed by atoms with van der Waals surface area (Å²) in [6.45, 7) is 6.85. The molecule has 0 amide bonds. The van der Waals surface area contributed by atoms with E-state index in [0.717, 1.165) is 48.9 Å². The Morgan fingerprint density at radius 1 is 1.23 bits per heavy atom. The molecule has 3 aromatic heterocycles. The number of hydrogen-bond donors (Lipinski definition) is 1. The van der Waals surface area contributed by atoms with Gasteiger partial charge in [-0.1, -0.05) is 25.1 Å². The number of hydrogen-bond acceptors (Lipinski definition) is 6. The number of nitrogens with zero attached hydrogens (tertiary/aromatic N) is 6. The summed E-state index contributed by atoms with van der Waals surface area (Å²) >= 11 is 0. The van der Waals surface area contributed by atoms with Crippen LogP contribution in [0.5, 0.6) is 0 Å². The molecule has 4 aromatic rings. The van der Waals surface area contributed by atoms with Gasteiger partial charge in [0.2, 0.25) is 0 Å². The number of aromatic amines is 1. The van der Waals surface area contributed by atoms with Crippen LogP contribution in [0.2, 0.25) is 0 Å². The molecule has 2 saturated heterocycles. The largest absolute Gasteiger partial charge is 0.433 e. The standard InChI is InChI=1S/C28H32F3N7O/c1-17-6-5-9-38(13-17)18(2)24-26-21(11-22(33-24)28(29,30)31)25(35-36-26)19-7-4-8-20(10-19)27(14-39-15-27)12-23-34-32-16-37(23)3/h4,7-8,10-11,16-18H,5-6,9,12-15H2,1-3H3,(H,35,36)/t17-,18-/m1/s1. The molecule has 0 aliphatic carbocycles. The molecule has 0 unspecified atom stereocenters. The van der Waals surface area contributed by atoms with Crippen molar-refractivity contribution < 1.29 is 17.9 Å². The summed E-state index contributed by atoms with van der Waals surface area (Å²) in [4.78, 5) is 6.37. The zero-order chi connectivity index (χ0) is 27.4. The summed E-state index contributed by atoms with van der Waals surface area (Å²) in [5, 5.41) is 16.2. The fourth-order valence-electron chi connectivity index (χ4n) is 5.94. The summed E-state index contributed by atoms with van der Waals surface area (Å²) in [5.74, 6) is 1.34. The Kier molecular flexibility index (Phi) is 6.46. The average Bonchev–Trinajstić information content (AvgIpc) is 3.50. The summed E-state index contributed by atoms with van der Waals surface area (Å²) in [6.07, 6.45) is -0.106. The van der Waals surface area contributed by atoms with E-state index < -0.39 is 11.9 Å². The number of aryl methyl sites for hydroxylation is 1. The highest BCUT2D eigenvalue weighted by Gasteiger charge is 2.42. The quantitative estimate of drug-likeness (QED) is 0.368. The number of rotatable bonds is 6. The van der Waals surface area contributed by atoms with Gasteiger partial charge in [-0.05, 0) is 49.9 Å². The molecule has 2 fully saturated rings. The van der Waals surface area contributed by atoms with Gasteiger partial charge in [-0.3, -0.25) is 10.00 Å². The number of H-pyrrole nitrogens is 1. The Bertz CT molecular complexity index is 1490. The molecule has 2 aliphatic heterocycles. The summed E-state index contributed by atoms with van der Waals surface area (Å²) < 4.78 is 49.7. The van der Waals surface area contributed by atoms with Crippen molar-refractivity contribution in [3.8, 4) is 11.3 Å². The molecule has 2 atom stereocenters. The van der Waals surface area contributed by atoms with Crippen molar-refractivity contribution in [2.24, 2.45) is 13.0 Å². The molecule has 5 heterocycles. The molecule has 39 heavy (non-hydrogen) atoms. The first-order valence-electron chi connectivity index (χ1n) is 13.4. The zero-order valence-electron chi connectivity index (χ0n) is 22.3. The van der Waals surface area contributed by atoms with Crippen molar-refractivity contribution in [3.05, 3.63) is 59.4 Å². The predicted molar refractivity (Wildman–Crippen MR) is 140 cm³/mol. The Balaban J connectivity index is 1.42. The maximum atomic E-state index is 14.1. The first-order chi connectivity index (χ1) is 18.6. The third-order valence-corrected chi connectivity index (χ3v) is 8.31. The lowest BCUT2D eigenvalue weighted by atomic mass is 9.75. The molecular weight excluding hydrogens is 507 g/mol. The highest BCUT2D eigenvalue weighted by molar-refractivity contribution is 5.94. The van der Waals surface area contributed by atoms with Crippen LogP contribution >= 0.6 is 0 Å². The summed E-state index contributed by atoms with van der Waals surface area (Å²) in [7, 11) is 1.91. The van der Waals surface area contributed by atoms with Crippen LogP contribution in [0, 0.1) is 5.92 Å². The number of likely N-dealkylation sites (tertiary alicyclic amines) is 1. The molecule has 1 aromatic carbocycles. The van der Waals surface area contributed by atoms with Crippen LogP contribution in [0.4, 0.5) is 13.2 Å². The topological polar surface area (TPSA) is 84.8 Å². The lowest BCUT2D eigenvalue weighted by Crippen LogP contribution is -2.49. The van der Waals surface area contributed by atoms with Crippen molar-refractivity contribution in [2.45, 2.75) is 50.7 Å². The Labute approximate surface area is 224 Å². The molecule has 206 valence electrons. The van der Waals surface area contributed by atoms with Gasteiger partial charge in [-0.2, -0.15) is 18.3 Å². The minimum absolute atomic E-state index is 0.279. The Morgan fingerprint density at radius 3 is 2.72 bits per heavy atom. The highest BCUT2D eigenvalue weighted by Crippen LogP contribution is 2.40. The van der Waals surface area contributed by atoms with Crippen molar-refractivity contribution >= 4 is 10.9 Å². The Morgan fingerprint density at radius 2 is 2.05 bits per heavy atom. The van der Waals surface area contributed by atoms with E-state index in [0.29, 0.717) is 47.8 Å². The lowest BCUT2D eigenvalue weighted by molar-refractivity contribution is -0.141. The number of benzene rings is 1. The maximum absolute atomic E-state index is 14.1.